The number of hydrogen-bond donors (Lipinski definition) is 2. The van der Waals surface area contributed by atoms with Gasteiger partial charge in [0, 0.05) is 31.7 Å². The Balaban J connectivity index is 1.56. The maximum Gasteiger partial charge on any atom is 0.237 e. The Kier molecular flexibility index (Phi) is 6.00. The predicted octanol–water partition coefficient (Wildman–Crippen LogP) is 0.288. The molecule has 1 saturated heterocycles. The van der Waals surface area contributed by atoms with Crippen molar-refractivity contribution >= 4 is 11.8 Å². The number of aromatic nitrogens is 3. The van der Waals surface area contributed by atoms with E-state index in [1.165, 1.54) is 0 Å². The lowest BCUT2D eigenvalue weighted by atomic mass is 10.1. The zero-order chi connectivity index (χ0) is 18.4. The fourth-order valence-corrected chi connectivity index (χ4v) is 3.06. The standard InChI is InChI=1S/C17H24N6O3/c1-2-5-23-12-20-21-15(23)9-19-16(24)8-14-17(25)18-4-6-22(14)10-13-3-7-26-11-13/h3,7,11-12,14H,2,4-6,8-10H2,1H3,(H,18,25)(H,19,24)/t14-/m1/s1. The van der Waals surface area contributed by atoms with Crippen LogP contribution in [-0.2, 0) is 29.2 Å². The summed E-state index contributed by atoms with van der Waals surface area (Å²) < 4.78 is 7.00. The lowest BCUT2D eigenvalue weighted by Crippen LogP contribution is -2.56. The molecule has 0 saturated carbocycles. The SMILES string of the molecule is CCCn1cnnc1CNC(=O)C[C@@H]1C(=O)NCCN1Cc1ccoc1. The topological polar surface area (TPSA) is 105 Å². The van der Waals surface area contributed by atoms with Gasteiger partial charge in [-0.25, -0.2) is 0 Å². The second-order valence-corrected chi connectivity index (χ2v) is 6.33. The number of aryl methyl sites for hydroxylation is 1. The van der Waals surface area contributed by atoms with E-state index in [2.05, 4.69) is 27.8 Å². The molecule has 0 aromatic carbocycles. The molecule has 1 atom stereocenters. The number of furan rings is 1. The summed E-state index contributed by atoms with van der Waals surface area (Å²) in [5.74, 6) is 0.405. The molecule has 0 aliphatic carbocycles. The van der Waals surface area contributed by atoms with E-state index >= 15 is 0 Å². The summed E-state index contributed by atoms with van der Waals surface area (Å²) in [7, 11) is 0. The van der Waals surface area contributed by atoms with Crippen LogP contribution in [0.1, 0.15) is 31.2 Å². The minimum atomic E-state index is -0.493. The van der Waals surface area contributed by atoms with Crippen LogP contribution in [0.3, 0.4) is 0 Å². The molecule has 0 unspecified atom stereocenters. The van der Waals surface area contributed by atoms with Crippen LogP contribution in [0.5, 0.6) is 0 Å². The summed E-state index contributed by atoms with van der Waals surface area (Å²) in [5, 5.41) is 13.6. The third-order valence-corrected chi connectivity index (χ3v) is 4.39. The van der Waals surface area contributed by atoms with E-state index in [9.17, 15) is 9.59 Å². The number of hydrogen-bond acceptors (Lipinski definition) is 6. The monoisotopic (exact) mass is 360 g/mol. The highest BCUT2D eigenvalue weighted by Crippen LogP contribution is 2.14. The lowest BCUT2D eigenvalue weighted by molar-refractivity contribution is -0.134. The van der Waals surface area contributed by atoms with Crippen molar-refractivity contribution in [3.8, 4) is 0 Å². The molecular formula is C17H24N6O3. The van der Waals surface area contributed by atoms with Gasteiger partial charge in [0.1, 0.15) is 6.33 Å². The number of carbonyl (C=O) groups is 2. The molecule has 1 aliphatic rings. The van der Waals surface area contributed by atoms with Crippen molar-refractivity contribution in [2.75, 3.05) is 13.1 Å². The van der Waals surface area contributed by atoms with Gasteiger partial charge in [-0.3, -0.25) is 14.5 Å². The van der Waals surface area contributed by atoms with Crippen molar-refractivity contribution in [2.24, 2.45) is 0 Å². The number of rotatable bonds is 8. The Morgan fingerprint density at radius 2 is 2.38 bits per heavy atom. The summed E-state index contributed by atoms with van der Waals surface area (Å²) in [4.78, 5) is 26.6. The van der Waals surface area contributed by atoms with Gasteiger partial charge in [-0.2, -0.15) is 0 Å². The largest absolute Gasteiger partial charge is 0.472 e. The van der Waals surface area contributed by atoms with Crippen LogP contribution in [-0.4, -0.2) is 50.6 Å². The Bertz CT molecular complexity index is 727. The first-order valence-corrected chi connectivity index (χ1v) is 8.83. The van der Waals surface area contributed by atoms with Gasteiger partial charge in [-0.15, -0.1) is 10.2 Å². The number of carbonyl (C=O) groups excluding carboxylic acids is 2. The molecule has 3 rings (SSSR count). The molecule has 140 valence electrons. The van der Waals surface area contributed by atoms with Gasteiger partial charge in [0.05, 0.1) is 31.5 Å². The van der Waals surface area contributed by atoms with Crippen molar-refractivity contribution in [1.82, 2.24) is 30.3 Å². The summed E-state index contributed by atoms with van der Waals surface area (Å²) in [6.07, 6.45) is 5.99. The molecule has 2 aromatic heterocycles. The number of amides is 2. The molecule has 2 aromatic rings. The molecule has 2 N–H and O–H groups in total. The zero-order valence-corrected chi connectivity index (χ0v) is 14.9. The van der Waals surface area contributed by atoms with Crippen LogP contribution in [0.15, 0.2) is 29.3 Å². The molecule has 2 amide bonds. The van der Waals surface area contributed by atoms with Gasteiger partial charge >= 0.3 is 0 Å². The maximum absolute atomic E-state index is 12.4. The molecule has 9 heteroatoms. The third kappa shape index (κ3) is 4.48. The quantitative estimate of drug-likeness (QED) is 0.701. The molecule has 0 bridgehead atoms. The Morgan fingerprint density at radius 3 is 3.15 bits per heavy atom. The van der Waals surface area contributed by atoms with Crippen molar-refractivity contribution in [1.29, 1.82) is 0 Å². The van der Waals surface area contributed by atoms with E-state index in [0.29, 0.717) is 32.0 Å². The Hall–Kier alpha value is -2.68. The highest BCUT2D eigenvalue weighted by molar-refractivity contribution is 5.88. The minimum absolute atomic E-state index is 0.103. The minimum Gasteiger partial charge on any atom is -0.472 e. The fourth-order valence-electron chi connectivity index (χ4n) is 3.06. The first kappa shape index (κ1) is 18.1. The van der Waals surface area contributed by atoms with Gasteiger partial charge in [0.25, 0.3) is 0 Å². The van der Waals surface area contributed by atoms with Gasteiger partial charge in [0.15, 0.2) is 5.82 Å². The second kappa shape index (κ2) is 8.61. The average Bonchev–Trinajstić information content (AvgIpc) is 3.28. The van der Waals surface area contributed by atoms with Gasteiger partial charge in [0.2, 0.25) is 11.8 Å². The van der Waals surface area contributed by atoms with Crippen LogP contribution < -0.4 is 10.6 Å². The number of nitrogens with zero attached hydrogens (tertiary/aromatic N) is 4. The first-order chi connectivity index (χ1) is 12.7. The molecule has 0 spiro atoms. The van der Waals surface area contributed by atoms with E-state index in [-0.39, 0.29) is 18.2 Å². The highest BCUT2D eigenvalue weighted by atomic mass is 16.3. The van der Waals surface area contributed by atoms with Crippen molar-refractivity contribution < 1.29 is 14.0 Å². The third-order valence-electron chi connectivity index (χ3n) is 4.39. The summed E-state index contributed by atoms with van der Waals surface area (Å²) in [5.41, 5.74) is 0.984. The van der Waals surface area contributed by atoms with Crippen molar-refractivity contribution in [3.05, 3.63) is 36.3 Å². The van der Waals surface area contributed by atoms with E-state index in [1.54, 1.807) is 18.9 Å². The smallest absolute Gasteiger partial charge is 0.237 e. The lowest BCUT2D eigenvalue weighted by Gasteiger charge is -2.34. The summed E-state index contributed by atoms with van der Waals surface area (Å²) in [6.45, 7) is 5.02. The van der Waals surface area contributed by atoms with E-state index in [0.717, 1.165) is 18.5 Å². The molecule has 1 fully saturated rings. The highest BCUT2D eigenvalue weighted by Gasteiger charge is 2.31. The van der Waals surface area contributed by atoms with Crippen LogP contribution in [0, 0.1) is 0 Å². The zero-order valence-electron chi connectivity index (χ0n) is 14.9. The average molecular weight is 360 g/mol. The Morgan fingerprint density at radius 1 is 1.50 bits per heavy atom. The van der Waals surface area contributed by atoms with Crippen LogP contribution in [0.4, 0.5) is 0 Å². The van der Waals surface area contributed by atoms with Crippen molar-refractivity contribution in [3.63, 3.8) is 0 Å². The van der Waals surface area contributed by atoms with E-state index < -0.39 is 6.04 Å². The first-order valence-electron chi connectivity index (χ1n) is 8.83. The molecule has 3 heterocycles. The van der Waals surface area contributed by atoms with Gasteiger partial charge in [-0.1, -0.05) is 6.92 Å². The Labute approximate surface area is 151 Å². The maximum atomic E-state index is 12.4. The van der Waals surface area contributed by atoms with E-state index in [1.807, 2.05) is 15.5 Å². The van der Waals surface area contributed by atoms with Crippen LogP contribution in [0.25, 0.3) is 0 Å². The van der Waals surface area contributed by atoms with E-state index in [4.69, 9.17) is 4.42 Å². The van der Waals surface area contributed by atoms with Crippen LogP contribution >= 0.6 is 0 Å². The molecule has 9 nitrogen and oxygen atoms in total. The van der Waals surface area contributed by atoms with Gasteiger partial charge in [-0.05, 0) is 12.5 Å². The summed E-state index contributed by atoms with van der Waals surface area (Å²) >= 11 is 0. The number of piperazine rings is 1. The van der Waals surface area contributed by atoms with Crippen molar-refractivity contribution in [2.45, 2.75) is 45.4 Å². The van der Waals surface area contributed by atoms with Gasteiger partial charge < -0.3 is 19.6 Å². The fraction of sp³-hybridized carbons (Fsp3) is 0.529. The predicted molar refractivity (Wildman–Crippen MR) is 92.7 cm³/mol. The summed E-state index contributed by atoms with van der Waals surface area (Å²) in [6, 6.07) is 1.37. The second-order valence-electron chi connectivity index (χ2n) is 6.33. The molecule has 26 heavy (non-hydrogen) atoms. The number of nitrogens with one attached hydrogen (secondary N) is 2. The molecule has 0 radical (unpaired) electrons. The molecule has 1 aliphatic heterocycles. The van der Waals surface area contributed by atoms with Crippen LogP contribution in [0.2, 0.25) is 0 Å². The normalized spacial score (nSPS) is 17.9. The molecular weight excluding hydrogens is 336 g/mol.